The highest BCUT2D eigenvalue weighted by atomic mass is 79.9. The second kappa shape index (κ2) is 6.83. The van der Waals surface area contributed by atoms with E-state index in [0.29, 0.717) is 6.04 Å². The molecule has 0 saturated carbocycles. The predicted octanol–water partition coefficient (Wildman–Crippen LogP) is 4.13. The summed E-state index contributed by atoms with van der Waals surface area (Å²) < 4.78 is 1.12. The molecule has 2 unspecified atom stereocenters. The average molecular weight is 319 g/mol. The van der Waals surface area contributed by atoms with Gasteiger partial charge in [-0.05, 0) is 50.1 Å². The Bertz CT molecular complexity index is 496. The van der Waals surface area contributed by atoms with Crippen LogP contribution in [0.5, 0.6) is 0 Å². The molecule has 0 aliphatic rings. The summed E-state index contributed by atoms with van der Waals surface area (Å²) in [7, 11) is 0. The molecule has 100 valence electrons. The molecular formula is C16H19BrN2. The van der Waals surface area contributed by atoms with E-state index in [1.54, 1.807) is 0 Å². The second-order valence-corrected chi connectivity index (χ2v) is 5.79. The van der Waals surface area contributed by atoms with E-state index in [2.05, 4.69) is 70.4 Å². The Labute approximate surface area is 123 Å². The van der Waals surface area contributed by atoms with Crippen LogP contribution in [-0.4, -0.2) is 11.0 Å². The first-order valence-electron chi connectivity index (χ1n) is 6.56. The summed E-state index contributed by atoms with van der Waals surface area (Å²) in [5.74, 6) is 0. The first-order valence-corrected chi connectivity index (χ1v) is 7.36. The highest BCUT2D eigenvalue weighted by Gasteiger charge is 2.10. The largest absolute Gasteiger partial charge is 0.306 e. The van der Waals surface area contributed by atoms with Gasteiger partial charge in [-0.25, -0.2) is 0 Å². The minimum absolute atomic E-state index is 0.270. The molecule has 2 atom stereocenters. The van der Waals surface area contributed by atoms with Gasteiger partial charge in [-0.15, -0.1) is 0 Å². The normalized spacial score (nSPS) is 14.1. The topological polar surface area (TPSA) is 24.9 Å². The van der Waals surface area contributed by atoms with Gasteiger partial charge in [0.1, 0.15) is 0 Å². The van der Waals surface area contributed by atoms with Crippen molar-refractivity contribution in [2.45, 2.75) is 32.4 Å². The molecule has 2 rings (SSSR count). The Morgan fingerprint density at radius 2 is 1.84 bits per heavy atom. The van der Waals surface area contributed by atoms with E-state index < -0.39 is 0 Å². The van der Waals surface area contributed by atoms with Crippen LogP contribution in [0.4, 0.5) is 0 Å². The standard InChI is InChI=1S/C16H19BrN2/c1-12(11-14-6-8-15(17)9-7-14)19-13(2)16-5-3-4-10-18-16/h3-10,12-13,19H,11H2,1-2H3. The average Bonchev–Trinajstić information content (AvgIpc) is 2.42. The Hall–Kier alpha value is -1.19. The maximum absolute atomic E-state index is 4.38. The lowest BCUT2D eigenvalue weighted by atomic mass is 10.1. The van der Waals surface area contributed by atoms with E-state index in [9.17, 15) is 0 Å². The molecule has 0 aliphatic carbocycles. The van der Waals surface area contributed by atoms with Gasteiger partial charge < -0.3 is 5.32 Å². The zero-order valence-corrected chi connectivity index (χ0v) is 12.9. The molecule has 1 aromatic heterocycles. The maximum Gasteiger partial charge on any atom is 0.0570 e. The van der Waals surface area contributed by atoms with Crippen molar-refractivity contribution in [3.63, 3.8) is 0 Å². The van der Waals surface area contributed by atoms with Crippen molar-refractivity contribution in [3.8, 4) is 0 Å². The number of hydrogen-bond acceptors (Lipinski definition) is 2. The van der Waals surface area contributed by atoms with E-state index >= 15 is 0 Å². The predicted molar refractivity (Wildman–Crippen MR) is 83.1 cm³/mol. The molecule has 0 bridgehead atoms. The van der Waals surface area contributed by atoms with Gasteiger partial charge in [-0.1, -0.05) is 34.1 Å². The van der Waals surface area contributed by atoms with Crippen LogP contribution in [0.3, 0.4) is 0 Å². The summed E-state index contributed by atoms with van der Waals surface area (Å²) >= 11 is 3.46. The third-order valence-electron chi connectivity index (χ3n) is 3.12. The first kappa shape index (κ1) is 14.2. The summed E-state index contributed by atoms with van der Waals surface area (Å²) in [6.07, 6.45) is 2.86. The molecule has 2 nitrogen and oxygen atoms in total. The van der Waals surface area contributed by atoms with Gasteiger partial charge in [0.05, 0.1) is 5.69 Å². The van der Waals surface area contributed by atoms with Crippen LogP contribution in [0.15, 0.2) is 53.1 Å². The highest BCUT2D eigenvalue weighted by Crippen LogP contribution is 2.14. The van der Waals surface area contributed by atoms with Crippen LogP contribution >= 0.6 is 15.9 Å². The van der Waals surface area contributed by atoms with Gasteiger partial charge in [-0.2, -0.15) is 0 Å². The summed E-state index contributed by atoms with van der Waals surface area (Å²) in [5, 5.41) is 3.58. The maximum atomic E-state index is 4.38. The molecule has 1 N–H and O–H groups in total. The molecular weight excluding hydrogens is 300 g/mol. The van der Waals surface area contributed by atoms with E-state index in [0.717, 1.165) is 16.6 Å². The zero-order valence-electron chi connectivity index (χ0n) is 11.3. The minimum Gasteiger partial charge on any atom is -0.306 e. The number of hydrogen-bond donors (Lipinski definition) is 1. The van der Waals surface area contributed by atoms with E-state index in [1.807, 2.05) is 18.3 Å². The van der Waals surface area contributed by atoms with Crippen LogP contribution in [0, 0.1) is 0 Å². The van der Waals surface area contributed by atoms with E-state index in [1.165, 1.54) is 5.56 Å². The third kappa shape index (κ3) is 4.44. The smallest absolute Gasteiger partial charge is 0.0570 e. The molecule has 19 heavy (non-hydrogen) atoms. The number of rotatable bonds is 5. The Morgan fingerprint density at radius 3 is 2.47 bits per heavy atom. The lowest BCUT2D eigenvalue weighted by Gasteiger charge is -2.19. The van der Waals surface area contributed by atoms with Crippen molar-refractivity contribution in [2.75, 3.05) is 0 Å². The second-order valence-electron chi connectivity index (χ2n) is 4.87. The molecule has 1 heterocycles. The van der Waals surface area contributed by atoms with Crippen LogP contribution in [0.25, 0.3) is 0 Å². The number of nitrogens with one attached hydrogen (secondary N) is 1. The minimum atomic E-state index is 0.270. The van der Waals surface area contributed by atoms with Gasteiger partial charge >= 0.3 is 0 Å². The van der Waals surface area contributed by atoms with Gasteiger partial charge in [0.15, 0.2) is 0 Å². The molecule has 0 radical (unpaired) electrons. The molecule has 1 aromatic carbocycles. The van der Waals surface area contributed by atoms with Gasteiger partial charge in [0, 0.05) is 22.8 Å². The van der Waals surface area contributed by atoms with E-state index in [4.69, 9.17) is 0 Å². The van der Waals surface area contributed by atoms with E-state index in [-0.39, 0.29) is 6.04 Å². The zero-order chi connectivity index (χ0) is 13.7. The van der Waals surface area contributed by atoms with Crippen molar-refractivity contribution < 1.29 is 0 Å². The fourth-order valence-electron chi connectivity index (χ4n) is 2.18. The van der Waals surface area contributed by atoms with Gasteiger partial charge in [0.25, 0.3) is 0 Å². The molecule has 0 aliphatic heterocycles. The molecule has 2 aromatic rings. The molecule has 3 heteroatoms. The van der Waals surface area contributed by atoms with Crippen LogP contribution in [0.2, 0.25) is 0 Å². The lowest BCUT2D eigenvalue weighted by molar-refractivity contribution is 0.470. The summed E-state index contributed by atoms with van der Waals surface area (Å²) in [6.45, 7) is 4.36. The lowest BCUT2D eigenvalue weighted by Crippen LogP contribution is -2.31. The fourth-order valence-corrected chi connectivity index (χ4v) is 2.44. The summed E-state index contributed by atoms with van der Waals surface area (Å²) in [6, 6.07) is 15.2. The highest BCUT2D eigenvalue weighted by molar-refractivity contribution is 9.10. The van der Waals surface area contributed by atoms with Crippen molar-refractivity contribution in [3.05, 3.63) is 64.4 Å². The van der Waals surface area contributed by atoms with Crippen molar-refractivity contribution in [1.29, 1.82) is 0 Å². The summed E-state index contributed by atoms with van der Waals surface area (Å²) in [5.41, 5.74) is 2.43. The first-order chi connectivity index (χ1) is 9.15. The molecule has 0 saturated heterocycles. The molecule has 0 spiro atoms. The van der Waals surface area contributed by atoms with Crippen LogP contribution in [-0.2, 0) is 6.42 Å². The van der Waals surface area contributed by atoms with Crippen molar-refractivity contribution in [2.24, 2.45) is 0 Å². The van der Waals surface area contributed by atoms with Crippen LogP contribution < -0.4 is 5.32 Å². The molecule has 0 amide bonds. The third-order valence-corrected chi connectivity index (χ3v) is 3.65. The Morgan fingerprint density at radius 1 is 1.11 bits per heavy atom. The monoisotopic (exact) mass is 318 g/mol. The Balaban J connectivity index is 1.90. The molecule has 0 fully saturated rings. The number of pyridine rings is 1. The number of halogens is 1. The van der Waals surface area contributed by atoms with Gasteiger partial charge in [0.2, 0.25) is 0 Å². The van der Waals surface area contributed by atoms with Crippen molar-refractivity contribution >= 4 is 15.9 Å². The SMILES string of the molecule is CC(Cc1ccc(Br)cc1)NC(C)c1ccccn1. The van der Waals surface area contributed by atoms with Crippen molar-refractivity contribution in [1.82, 2.24) is 10.3 Å². The Kier molecular flexibility index (Phi) is 5.11. The fraction of sp³-hybridized carbons (Fsp3) is 0.312. The van der Waals surface area contributed by atoms with Gasteiger partial charge in [-0.3, -0.25) is 4.98 Å². The number of aromatic nitrogens is 1. The number of benzene rings is 1. The quantitative estimate of drug-likeness (QED) is 0.896. The summed E-state index contributed by atoms with van der Waals surface area (Å²) in [4.78, 5) is 4.38. The number of nitrogens with zero attached hydrogens (tertiary/aromatic N) is 1. The van der Waals surface area contributed by atoms with Crippen LogP contribution in [0.1, 0.15) is 31.1 Å².